The number of aromatic amines is 1. The van der Waals surface area contributed by atoms with E-state index in [9.17, 15) is 33.3 Å². The van der Waals surface area contributed by atoms with Crippen LogP contribution < -0.4 is 11.2 Å². The lowest BCUT2D eigenvalue weighted by Gasteiger charge is -2.18. The summed E-state index contributed by atoms with van der Waals surface area (Å²) in [7, 11) is -17.6. The largest absolute Gasteiger partial charge is 0.490 e. The van der Waals surface area contributed by atoms with Crippen molar-refractivity contribution in [1.29, 1.82) is 0 Å². The summed E-state index contributed by atoms with van der Waals surface area (Å²) in [6, 6.07) is -1.70. The summed E-state index contributed by atoms with van der Waals surface area (Å²) >= 11 is 0. The van der Waals surface area contributed by atoms with Gasteiger partial charge in [-0.25, -0.2) is 25.1 Å². The fourth-order valence-corrected chi connectivity index (χ4v) is 5.19. The second kappa shape index (κ2) is 9.16. The second-order valence-corrected chi connectivity index (χ2v) is 10.2. The number of nitrogens with zero attached hydrogens (tertiary/aromatic N) is 2. The molecule has 17 nitrogen and oxygen atoms in total. The van der Waals surface area contributed by atoms with E-state index >= 15 is 0 Å². The summed E-state index contributed by atoms with van der Waals surface area (Å²) in [6.07, 6.45) is -5.17. The van der Waals surface area contributed by atoms with Crippen LogP contribution in [0.3, 0.4) is 0 Å². The average Bonchev–Trinajstić information content (AvgIpc) is 2.90. The lowest BCUT2D eigenvalue weighted by atomic mass is 10.1. The molecule has 2 heterocycles. The van der Waals surface area contributed by atoms with E-state index < -0.39 is 65.8 Å². The molecule has 20 heteroatoms. The number of aromatic nitrogens is 2. The molecule has 1 aromatic heterocycles. The second-order valence-electron chi connectivity index (χ2n) is 5.84. The first-order valence-electron chi connectivity index (χ1n) is 8.65. The first kappa shape index (κ1) is 22.7. The first-order valence-corrected chi connectivity index (χ1v) is 12.2. The molecular formula is C11H16N3O14P3. The number of aliphatic hydroxyl groups is 1. The van der Waals surface area contributed by atoms with E-state index in [1.165, 1.54) is 6.92 Å². The number of aryl methyl sites for hydroxylation is 1. The molecule has 1 aliphatic heterocycles. The number of ether oxygens (including phenoxy) is 1. The fraction of sp³-hybridized carbons (Fsp3) is 0.545. The molecule has 0 amide bonds. The van der Waals surface area contributed by atoms with Crippen LogP contribution in [0.4, 0.5) is 0 Å². The van der Waals surface area contributed by atoms with Gasteiger partial charge >= 0.3 is 29.2 Å². The number of aliphatic hydroxyl groups excluding tert-OH is 1. The molecule has 1 aliphatic rings. The van der Waals surface area contributed by atoms with Crippen molar-refractivity contribution < 1.29 is 59.0 Å². The standard InChI is InChI=1S/C11H16N3O14P3/c1-5-3-14(11(17)13-9(5)16)10-7(12-2)8(15)6(26-10)4-25-30(21,22)28-31(23,24)27-29(18,19)20/h3,6-8,10,15H,4H2,1H3,(H,21,22)(H,23,24)(H,13,16,17)(H2,18,19,20)/t6-,7+,8?,10-/m0/s1/i4D2. The van der Waals surface area contributed by atoms with Gasteiger partial charge in [0.05, 0.1) is 9.30 Å². The third kappa shape index (κ3) is 6.74. The minimum absolute atomic E-state index is 0.0175. The first-order chi connectivity index (χ1) is 14.8. The Morgan fingerprint density at radius 1 is 1.26 bits per heavy atom. The number of H-pyrrole nitrogens is 1. The third-order valence-corrected chi connectivity index (χ3v) is 7.17. The van der Waals surface area contributed by atoms with Crippen LogP contribution in [-0.2, 0) is 31.6 Å². The van der Waals surface area contributed by atoms with Gasteiger partial charge in [-0.05, 0) is 6.92 Å². The van der Waals surface area contributed by atoms with E-state index in [1.807, 2.05) is 4.98 Å². The van der Waals surface area contributed by atoms with E-state index in [1.54, 1.807) is 0 Å². The minimum atomic E-state index is -5.99. The van der Waals surface area contributed by atoms with Gasteiger partial charge in [0.1, 0.15) is 6.10 Å². The lowest BCUT2D eigenvalue weighted by Crippen LogP contribution is -2.37. The van der Waals surface area contributed by atoms with Gasteiger partial charge in [0.2, 0.25) is 6.23 Å². The zero-order valence-electron chi connectivity index (χ0n) is 17.0. The maximum absolute atomic E-state index is 12.1. The number of rotatable bonds is 8. The monoisotopic (exact) mass is 509 g/mol. The smallest absolute Gasteiger partial charge is 0.382 e. The number of nitrogens with one attached hydrogen (secondary N) is 1. The summed E-state index contributed by atoms with van der Waals surface area (Å²) < 4.78 is 66.4. The quantitative estimate of drug-likeness (QED) is 0.177. The summed E-state index contributed by atoms with van der Waals surface area (Å²) in [5, 5.41) is 10.3. The van der Waals surface area contributed by atoms with E-state index in [0.29, 0.717) is 4.57 Å². The highest BCUT2D eigenvalue weighted by Gasteiger charge is 2.51. The van der Waals surface area contributed by atoms with E-state index in [4.69, 9.17) is 28.7 Å². The number of phosphoric ester groups is 1. The molecule has 0 aliphatic carbocycles. The van der Waals surface area contributed by atoms with Crippen molar-refractivity contribution in [3.05, 3.63) is 44.0 Å². The molecule has 1 saturated heterocycles. The Labute approximate surface area is 174 Å². The SMILES string of the molecule is [2H]C([2H])(OP(=O)(O)OP(=O)(O)OP(=O)(O)O)[C@@H]1O[C@H](n2cc(C)c(=O)[nH]c2=O)[C@H]([N+]#[C-])C1O. The van der Waals surface area contributed by atoms with Crippen LogP contribution in [-0.4, -0.2) is 59.0 Å². The van der Waals surface area contributed by atoms with E-state index in [-0.39, 0.29) is 5.56 Å². The van der Waals surface area contributed by atoms with Gasteiger partial charge in [-0.3, -0.25) is 18.9 Å². The molecule has 1 aromatic rings. The zero-order chi connectivity index (χ0) is 25.6. The highest BCUT2D eigenvalue weighted by Crippen LogP contribution is 2.66. The Bertz CT molecular complexity index is 1220. The van der Waals surface area contributed by atoms with Crippen molar-refractivity contribution in [3.63, 3.8) is 0 Å². The van der Waals surface area contributed by atoms with Crippen LogP contribution in [0.25, 0.3) is 4.85 Å². The van der Waals surface area contributed by atoms with E-state index in [0.717, 1.165) is 6.20 Å². The van der Waals surface area contributed by atoms with Crippen LogP contribution >= 0.6 is 23.5 Å². The highest BCUT2D eigenvalue weighted by molar-refractivity contribution is 7.66. The van der Waals surface area contributed by atoms with Gasteiger partial charge in [-0.15, -0.1) is 0 Å². The maximum atomic E-state index is 12.1. The molecule has 0 bridgehead atoms. The number of hydrogen-bond acceptors (Lipinski definition) is 10. The topological polar surface area (TPSA) is 248 Å². The normalized spacial score (nSPS) is 29.3. The Kier molecular flexibility index (Phi) is 6.71. The predicted octanol–water partition coefficient (Wildman–Crippen LogP) is -1.27. The Balaban J connectivity index is 2.33. The Morgan fingerprint density at radius 2 is 1.87 bits per heavy atom. The summed E-state index contributed by atoms with van der Waals surface area (Å²) in [6.45, 7) is 4.92. The van der Waals surface area contributed by atoms with Crippen molar-refractivity contribution in [2.45, 2.75) is 31.4 Å². The fourth-order valence-electron chi connectivity index (χ4n) is 2.32. The van der Waals surface area contributed by atoms with Gasteiger partial charge < -0.3 is 34.3 Å². The van der Waals surface area contributed by atoms with Gasteiger partial charge in [-0.2, -0.15) is 8.62 Å². The molecule has 0 spiro atoms. The maximum Gasteiger partial charge on any atom is 0.490 e. The molecule has 174 valence electrons. The average molecular weight is 509 g/mol. The van der Waals surface area contributed by atoms with E-state index in [2.05, 4.69) is 18.0 Å². The van der Waals surface area contributed by atoms with Crippen molar-refractivity contribution in [3.8, 4) is 0 Å². The third-order valence-electron chi connectivity index (χ3n) is 3.51. The predicted molar refractivity (Wildman–Crippen MR) is 96.2 cm³/mol. The van der Waals surface area contributed by atoms with Crippen LogP contribution in [0, 0.1) is 13.5 Å². The van der Waals surface area contributed by atoms with Crippen LogP contribution in [0.2, 0.25) is 0 Å². The van der Waals surface area contributed by atoms with Gasteiger partial charge in [0.15, 0.2) is 6.10 Å². The Hall–Kier alpha value is -1.50. The molecular weight excluding hydrogens is 491 g/mol. The summed E-state index contributed by atoms with van der Waals surface area (Å²) in [5.74, 6) is 0. The minimum Gasteiger partial charge on any atom is -0.382 e. The highest BCUT2D eigenvalue weighted by atomic mass is 31.3. The van der Waals surface area contributed by atoms with Crippen molar-refractivity contribution in [2.24, 2.45) is 0 Å². The van der Waals surface area contributed by atoms with Crippen molar-refractivity contribution in [1.82, 2.24) is 9.55 Å². The van der Waals surface area contributed by atoms with Crippen LogP contribution in [0.15, 0.2) is 15.8 Å². The molecule has 2 rings (SSSR count). The molecule has 6 N–H and O–H groups in total. The molecule has 0 aromatic carbocycles. The van der Waals surface area contributed by atoms with Crippen LogP contribution in [0.1, 0.15) is 14.5 Å². The van der Waals surface area contributed by atoms with Gasteiger partial charge in [-0.1, -0.05) is 0 Å². The van der Waals surface area contributed by atoms with Crippen molar-refractivity contribution in [2.75, 3.05) is 6.56 Å². The van der Waals surface area contributed by atoms with Crippen LogP contribution in [0.5, 0.6) is 0 Å². The lowest BCUT2D eigenvalue weighted by molar-refractivity contribution is -0.0452. The molecule has 3 unspecified atom stereocenters. The van der Waals surface area contributed by atoms with Gasteiger partial charge in [0.25, 0.3) is 11.6 Å². The summed E-state index contributed by atoms with van der Waals surface area (Å²) in [4.78, 5) is 64.2. The molecule has 0 radical (unpaired) electrons. The molecule has 6 atom stereocenters. The summed E-state index contributed by atoms with van der Waals surface area (Å²) in [5.41, 5.74) is -1.88. The van der Waals surface area contributed by atoms with Crippen molar-refractivity contribution >= 4 is 23.5 Å². The molecule has 31 heavy (non-hydrogen) atoms. The Morgan fingerprint density at radius 3 is 2.42 bits per heavy atom. The van der Waals surface area contributed by atoms with Gasteiger partial charge in [0, 0.05) is 11.8 Å². The molecule has 1 fully saturated rings. The number of phosphoric acid groups is 3. The molecule has 0 saturated carbocycles. The number of hydrogen-bond donors (Lipinski definition) is 6. The zero-order valence-corrected chi connectivity index (χ0v) is 17.7.